The van der Waals surface area contributed by atoms with Gasteiger partial charge in [0.25, 0.3) is 0 Å². The minimum Gasteiger partial charge on any atom is -0.329 e. The Kier molecular flexibility index (Phi) is 5.78. The Morgan fingerprint density at radius 2 is 2.10 bits per heavy atom. The minimum absolute atomic E-state index is 0.291. The van der Waals surface area contributed by atoms with Crippen molar-refractivity contribution in [2.75, 3.05) is 13.6 Å². The number of thiophene rings is 1. The SMILES string of the molecule is CCc1ccc(C(CN)N(C)Cc2cccc(Br)c2)s1. The van der Waals surface area contributed by atoms with Gasteiger partial charge in [-0.05, 0) is 43.3 Å². The molecule has 0 amide bonds. The van der Waals surface area contributed by atoms with Gasteiger partial charge in [-0.1, -0.05) is 35.0 Å². The van der Waals surface area contributed by atoms with E-state index >= 15 is 0 Å². The van der Waals surface area contributed by atoms with Gasteiger partial charge in [0, 0.05) is 27.3 Å². The van der Waals surface area contributed by atoms with Gasteiger partial charge in [0.05, 0.1) is 6.04 Å². The number of hydrogen-bond acceptors (Lipinski definition) is 3. The minimum atomic E-state index is 0.291. The summed E-state index contributed by atoms with van der Waals surface area (Å²) in [6.07, 6.45) is 1.09. The summed E-state index contributed by atoms with van der Waals surface area (Å²) in [5, 5.41) is 0. The molecule has 2 aromatic rings. The lowest BCUT2D eigenvalue weighted by molar-refractivity contribution is 0.245. The Morgan fingerprint density at radius 1 is 1.30 bits per heavy atom. The molecule has 20 heavy (non-hydrogen) atoms. The van der Waals surface area contributed by atoms with E-state index in [-0.39, 0.29) is 0 Å². The molecular weight excluding hydrogens is 332 g/mol. The molecule has 1 unspecified atom stereocenters. The third-order valence-corrected chi connectivity index (χ3v) is 5.26. The zero-order chi connectivity index (χ0) is 14.5. The van der Waals surface area contributed by atoms with Crippen LogP contribution in [0.15, 0.2) is 40.9 Å². The number of aryl methyl sites for hydroxylation is 1. The molecule has 2 nitrogen and oxygen atoms in total. The van der Waals surface area contributed by atoms with Gasteiger partial charge in [-0.15, -0.1) is 11.3 Å². The molecule has 0 aliphatic carbocycles. The molecule has 0 radical (unpaired) electrons. The predicted octanol–water partition coefficient (Wildman–Crippen LogP) is 4.20. The molecule has 1 aromatic carbocycles. The maximum Gasteiger partial charge on any atom is 0.0564 e. The molecule has 0 aliphatic rings. The lowest BCUT2D eigenvalue weighted by atomic mass is 10.1. The summed E-state index contributed by atoms with van der Waals surface area (Å²) in [6.45, 7) is 3.74. The van der Waals surface area contributed by atoms with Crippen LogP contribution >= 0.6 is 27.3 Å². The summed E-state index contributed by atoms with van der Waals surface area (Å²) in [7, 11) is 2.14. The average molecular weight is 353 g/mol. The van der Waals surface area contributed by atoms with E-state index in [1.165, 1.54) is 15.3 Å². The second kappa shape index (κ2) is 7.36. The fourth-order valence-electron chi connectivity index (χ4n) is 2.31. The number of benzene rings is 1. The summed E-state index contributed by atoms with van der Waals surface area (Å²) < 4.78 is 1.12. The largest absolute Gasteiger partial charge is 0.329 e. The van der Waals surface area contributed by atoms with Gasteiger partial charge in [-0.2, -0.15) is 0 Å². The van der Waals surface area contributed by atoms with Gasteiger partial charge < -0.3 is 5.73 Å². The van der Waals surface area contributed by atoms with Crippen LogP contribution in [0.5, 0.6) is 0 Å². The van der Waals surface area contributed by atoms with Gasteiger partial charge in [0.2, 0.25) is 0 Å². The van der Waals surface area contributed by atoms with Crippen molar-refractivity contribution in [2.24, 2.45) is 5.73 Å². The van der Waals surface area contributed by atoms with Crippen LogP contribution in [0.3, 0.4) is 0 Å². The van der Waals surface area contributed by atoms with Crippen molar-refractivity contribution in [3.05, 3.63) is 56.2 Å². The summed E-state index contributed by atoms with van der Waals surface area (Å²) in [5.74, 6) is 0. The van der Waals surface area contributed by atoms with Crippen LogP contribution in [-0.4, -0.2) is 18.5 Å². The van der Waals surface area contributed by atoms with E-state index in [1.54, 1.807) is 0 Å². The lowest BCUT2D eigenvalue weighted by Gasteiger charge is -2.26. The molecule has 0 fully saturated rings. The number of rotatable bonds is 6. The number of hydrogen-bond donors (Lipinski definition) is 1. The highest BCUT2D eigenvalue weighted by atomic mass is 79.9. The highest BCUT2D eigenvalue weighted by molar-refractivity contribution is 9.10. The van der Waals surface area contributed by atoms with Crippen LogP contribution in [-0.2, 0) is 13.0 Å². The van der Waals surface area contributed by atoms with Crippen molar-refractivity contribution in [3.8, 4) is 0 Å². The average Bonchev–Trinajstić information content (AvgIpc) is 2.88. The molecule has 0 aliphatic heterocycles. The summed E-state index contributed by atoms with van der Waals surface area (Å²) >= 11 is 5.40. The van der Waals surface area contributed by atoms with Gasteiger partial charge in [-0.25, -0.2) is 0 Å². The number of nitrogens with zero attached hydrogens (tertiary/aromatic N) is 1. The lowest BCUT2D eigenvalue weighted by Crippen LogP contribution is -2.29. The summed E-state index contributed by atoms with van der Waals surface area (Å²) in [4.78, 5) is 5.11. The molecule has 1 atom stereocenters. The quantitative estimate of drug-likeness (QED) is 0.843. The van der Waals surface area contributed by atoms with Crippen LogP contribution in [0.2, 0.25) is 0 Å². The molecule has 4 heteroatoms. The zero-order valence-corrected chi connectivity index (χ0v) is 14.4. The molecule has 0 saturated heterocycles. The molecule has 0 spiro atoms. The summed E-state index contributed by atoms with van der Waals surface area (Å²) in [5.41, 5.74) is 7.29. The van der Waals surface area contributed by atoms with Gasteiger partial charge >= 0.3 is 0 Å². The molecule has 0 bridgehead atoms. The fourth-order valence-corrected chi connectivity index (χ4v) is 3.89. The van der Waals surface area contributed by atoms with E-state index in [9.17, 15) is 0 Å². The second-order valence-electron chi connectivity index (χ2n) is 4.95. The van der Waals surface area contributed by atoms with E-state index < -0.39 is 0 Å². The van der Waals surface area contributed by atoms with E-state index in [4.69, 9.17) is 5.73 Å². The van der Waals surface area contributed by atoms with E-state index in [2.05, 4.69) is 71.2 Å². The van der Waals surface area contributed by atoms with Crippen molar-refractivity contribution >= 4 is 27.3 Å². The number of halogens is 1. The third-order valence-electron chi connectivity index (χ3n) is 3.44. The first kappa shape index (κ1) is 15.7. The molecule has 2 rings (SSSR count). The smallest absolute Gasteiger partial charge is 0.0564 e. The van der Waals surface area contributed by atoms with E-state index in [0.717, 1.165) is 17.4 Å². The van der Waals surface area contributed by atoms with Crippen molar-refractivity contribution < 1.29 is 0 Å². The Labute approximate surface area is 133 Å². The summed E-state index contributed by atoms with van der Waals surface area (Å²) in [6, 6.07) is 13.2. The number of nitrogens with two attached hydrogens (primary N) is 1. The first-order chi connectivity index (χ1) is 9.63. The van der Waals surface area contributed by atoms with Crippen LogP contribution in [0.1, 0.15) is 28.3 Å². The predicted molar refractivity (Wildman–Crippen MR) is 91.1 cm³/mol. The van der Waals surface area contributed by atoms with Gasteiger partial charge in [-0.3, -0.25) is 4.90 Å². The normalized spacial score (nSPS) is 12.8. The first-order valence-corrected chi connectivity index (χ1v) is 8.48. The zero-order valence-electron chi connectivity index (χ0n) is 12.0. The van der Waals surface area contributed by atoms with Crippen molar-refractivity contribution in [2.45, 2.75) is 25.9 Å². The Morgan fingerprint density at radius 3 is 2.70 bits per heavy atom. The Bertz CT molecular complexity index is 553. The van der Waals surface area contributed by atoms with Crippen molar-refractivity contribution in [3.63, 3.8) is 0 Å². The molecule has 1 heterocycles. The fraction of sp³-hybridized carbons (Fsp3) is 0.375. The molecule has 2 N–H and O–H groups in total. The standard InChI is InChI=1S/C16H21BrN2S/c1-3-14-7-8-16(20-14)15(10-18)19(2)11-12-5-4-6-13(17)9-12/h4-9,15H,3,10-11,18H2,1-2H3. The maximum atomic E-state index is 6.00. The molecular formula is C16H21BrN2S. The first-order valence-electron chi connectivity index (χ1n) is 6.87. The molecule has 108 valence electrons. The maximum absolute atomic E-state index is 6.00. The van der Waals surface area contributed by atoms with Crippen molar-refractivity contribution in [1.82, 2.24) is 4.90 Å². The molecule has 0 saturated carbocycles. The number of likely N-dealkylation sites (N-methyl/N-ethyl adjacent to an activating group) is 1. The van der Waals surface area contributed by atoms with Crippen LogP contribution in [0, 0.1) is 0 Å². The Balaban J connectivity index is 2.10. The monoisotopic (exact) mass is 352 g/mol. The topological polar surface area (TPSA) is 29.3 Å². The van der Waals surface area contributed by atoms with E-state index in [0.29, 0.717) is 12.6 Å². The Hall–Kier alpha value is -0.680. The molecule has 1 aromatic heterocycles. The van der Waals surface area contributed by atoms with Gasteiger partial charge in [0.1, 0.15) is 0 Å². The van der Waals surface area contributed by atoms with Gasteiger partial charge in [0.15, 0.2) is 0 Å². The van der Waals surface area contributed by atoms with Crippen molar-refractivity contribution in [1.29, 1.82) is 0 Å². The highest BCUT2D eigenvalue weighted by Crippen LogP contribution is 2.28. The van der Waals surface area contributed by atoms with Crippen LogP contribution < -0.4 is 5.73 Å². The van der Waals surface area contributed by atoms with Crippen LogP contribution in [0.4, 0.5) is 0 Å². The van der Waals surface area contributed by atoms with Crippen LogP contribution in [0.25, 0.3) is 0 Å². The highest BCUT2D eigenvalue weighted by Gasteiger charge is 2.17. The van der Waals surface area contributed by atoms with E-state index in [1.807, 2.05) is 11.3 Å². The second-order valence-corrected chi connectivity index (χ2v) is 7.07. The third kappa shape index (κ3) is 3.92.